The zero-order chi connectivity index (χ0) is 42.2. The lowest BCUT2D eigenvalue weighted by Gasteiger charge is -2.45. The molecule has 0 bridgehead atoms. The SMILES string of the molecule is c1ccc(-c2cc(-c3ccc4c(c3)nc(-c3ccccc3)c3cc5c(cc34)C3(c4ccccc4-c4ccccc43)c3ccccc3N5c3ccccc3)nc(-c3ccccc3)n2)cc1. The van der Waals surface area contributed by atoms with E-state index in [1.54, 1.807) is 0 Å². The maximum absolute atomic E-state index is 5.61. The van der Waals surface area contributed by atoms with Gasteiger partial charge in [0.1, 0.15) is 0 Å². The molecule has 0 amide bonds. The van der Waals surface area contributed by atoms with Crippen LogP contribution in [0.3, 0.4) is 0 Å². The van der Waals surface area contributed by atoms with Gasteiger partial charge in [0.25, 0.3) is 0 Å². The summed E-state index contributed by atoms with van der Waals surface area (Å²) in [5.74, 6) is 0.686. The van der Waals surface area contributed by atoms with Crippen LogP contribution in [-0.4, -0.2) is 15.0 Å². The van der Waals surface area contributed by atoms with Crippen LogP contribution in [0.1, 0.15) is 22.3 Å². The Morgan fingerprint density at radius 2 is 0.875 bits per heavy atom. The van der Waals surface area contributed by atoms with Crippen molar-refractivity contribution >= 4 is 38.7 Å². The third-order valence-corrected chi connectivity index (χ3v) is 13.2. The summed E-state index contributed by atoms with van der Waals surface area (Å²) in [5.41, 5.74) is 18.1. The van der Waals surface area contributed by atoms with Crippen molar-refractivity contribution in [3.8, 4) is 56.3 Å². The Kier molecular flexibility index (Phi) is 8.09. The maximum atomic E-state index is 5.61. The molecule has 13 rings (SSSR count). The molecule has 0 atom stereocenters. The van der Waals surface area contributed by atoms with Gasteiger partial charge in [-0.1, -0.05) is 188 Å². The van der Waals surface area contributed by atoms with E-state index in [4.69, 9.17) is 15.0 Å². The summed E-state index contributed by atoms with van der Waals surface area (Å²) in [4.78, 5) is 18.4. The first-order chi connectivity index (χ1) is 31.7. The first-order valence-corrected chi connectivity index (χ1v) is 21.9. The summed E-state index contributed by atoms with van der Waals surface area (Å²) < 4.78 is 0. The van der Waals surface area contributed by atoms with Crippen molar-refractivity contribution in [2.45, 2.75) is 5.41 Å². The van der Waals surface area contributed by atoms with Gasteiger partial charge in [-0.3, -0.25) is 0 Å². The fourth-order valence-electron chi connectivity index (χ4n) is 10.5. The molecular weight excluding hydrogens is 777 g/mol. The van der Waals surface area contributed by atoms with Crippen molar-refractivity contribution in [1.29, 1.82) is 0 Å². The number of aromatic nitrogens is 3. The second-order valence-electron chi connectivity index (χ2n) is 16.7. The zero-order valence-electron chi connectivity index (χ0n) is 34.7. The molecule has 1 spiro atoms. The van der Waals surface area contributed by atoms with Crippen LogP contribution in [0.25, 0.3) is 78.0 Å². The molecule has 0 radical (unpaired) electrons. The van der Waals surface area contributed by atoms with Gasteiger partial charge in [0.2, 0.25) is 0 Å². The summed E-state index contributed by atoms with van der Waals surface area (Å²) in [6.45, 7) is 0. The van der Waals surface area contributed by atoms with Crippen LogP contribution in [0.2, 0.25) is 0 Å². The van der Waals surface area contributed by atoms with E-state index in [2.05, 4.69) is 211 Å². The predicted octanol–water partition coefficient (Wildman–Crippen LogP) is 15.0. The molecule has 2 aromatic heterocycles. The van der Waals surface area contributed by atoms with E-state index < -0.39 is 5.41 Å². The molecule has 0 unspecified atom stereocenters. The van der Waals surface area contributed by atoms with E-state index in [1.165, 1.54) is 39.1 Å². The lowest BCUT2D eigenvalue weighted by molar-refractivity contribution is 0.754. The molecule has 3 heterocycles. The van der Waals surface area contributed by atoms with Crippen molar-refractivity contribution in [2.75, 3.05) is 4.90 Å². The first-order valence-electron chi connectivity index (χ1n) is 21.9. The van der Waals surface area contributed by atoms with Crippen LogP contribution in [0.15, 0.2) is 231 Å². The van der Waals surface area contributed by atoms with Crippen LogP contribution < -0.4 is 4.90 Å². The predicted molar refractivity (Wildman–Crippen MR) is 262 cm³/mol. The lowest BCUT2D eigenvalue weighted by atomic mass is 9.64. The quantitative estimate of drug-likeness (QED) is 0.162. The number of nitrogens with zero attached hydrogens (tertiary/aromatic N) is 4. The minimum absolute atomic E-state index is 0.580. The van der Waals surface area contributed by atoms with E-state index in [9.17, 15) is 0 Å². The highest BCUT2D eigenvalue weighted by Gasteiger charge is 2.51. The van der Waals surface area contributed by atoms with Gasteiger partial charge in [0.15, 0.2) is 5.82 Å². The second-order valence-corrected chi connectivity index (χ2v) is 16.7. The third kappa shape index (κ3) is 5.39. The molecule has 4 nitrogen and oxygen atoms in total. The van der Waals surface area contributed by atoms with E-state index >= 15 is 0 Å². The van der Waals surface area contributed by atoms with Crippen LogP contribution in [0.4, 0.5) is 17.1 Å². The normalized spacial score (nSPS) is 13.1. The summed E-state index contributed by atoms with van der Waals surface area (Å²) in [6.07, 6.45) is 0. The van der Waals surface area contributed by atoms with Crippen molar-refractivity contribution in [1.82, 2.24) is 15.0 Å². The Labute approximate surface area is 371 Å². The van der Waals surface area contributed by atoms with E-state index in [-0.39, 0.29) is 0 Å². The Morgan fingerprint density at radius 3 is 1.55 bits per heavy atom. The van der Waals surface area contributed by atoms with Crippen molar-refractivity contribution < 1.29 is 0 Å². The van der Waals surface area contributed by atoms with Gasteiger partial charge in [-0.25, -0.2) is 15.0 Å². The minimum Gasteiger partial charge on any atom is -0.310 e. The Morgan fingerprint density at radius 1 is 0.328 bits per heavy atom. The highest BCUT2D eigenvalue weighted by Crippen LogP contribution is 2.64. The van der Waals surface area contributed by atoms with Gasteiger partial charge in [0.05, 0.1) is 39.4 Å². The third-order valence-electron chi connectivity index (χ3n) is 13.2. The smallest absolute Gasteiger partial charge is 0.160 e. The van der Waals surface area contributed by atoms with Crippen molar-refractivity contribution in [3.63, 3.8) is 0 Å². The van der Waals surface area contributed by atoms with Gasteiger partial charge in [-0.2, -0.15) is 0 Å². The standard InChI is InChI=1S/C60H38N4/c1-5-19-39(20-6-1)53-38-54(63-59(62-53)41-23-9-3-10-24-41)42-33-34-46-47-36-52-57(37-48(47)58(61-55(46)35-42)40-21-7-2-8-22-40)64(43-25-11-4-12-26-43)56-32-18-17-31-51(56)60(52)49-29-15-13-27-44(49)45-28-14-16-30-50(45)60/h1-38H. The highest BCUT2D eigenvalue weighted by atomic mass is 15.2. The molecule has 9 aromatic carbocycles. The number of anilines is 3. The molecule has 0 fully saturated rings. The van der Waals surface area contributed by atoms with Gasteiger partial charge in [-0.15, -0.1) is 0 Å². The molecule has 64 heavy (non-hydrogen) atoms. The van der Waals surface area contributed by atoms with Crippen LogP contribution in [0.5, 0.6) is 0 Å². The highest BCUT2D eigenvalue weighted by molar-refractivity contribution is 6.14. The maximum Gasteiger partial charge on any atom is 0.160 e. The molecule has 1 aliphatic carbocycles. The topological polar surface area (TPSA) is 41.9 Å². The lowest BCUT2D eigenvalue weighted by Crippen LogP contribution is -2.36. The van der Waals surface area contributed by atoms with Gasteiger partial charge in [0, 0.05) is 38.7 Å². The molecule has 11 aromatic rings. The molecular formula is C60H38N4. The Bertz CT molecular complexity index is 3500. The number of pyridine rings is 1. The van der Waals surface area contributed by atoms with Crippen LogP contribution in [-0.2, 0) is 5.41 Å². The monoisotopic (exact) mass is 814 g/mol. The van der Waals surface area contributed by atoms with Gasteiger partial charge >= 0.3 is 0 Å². The minimum atomic E-state index is -0.580. The summed E-state index contributed by atoms with van der Waals surface area (Å²) in [7, 11) is 0. The molecule has 2 aliphatic rings. The molecule has 298 valence electrons. The largest absolute Gasteiger partial charge is 0.310 e. The van der Waals surface area contributed by atoms with E-state index in [0.29, 0.717) is 5.82 Å². The van der Waals surface area contributed by atoms with E-state index in [1.807, 2.05) is 24.3 Å². The summed E-state index contributed by atoms with van der Waals surface area (Å²) in [5, 5.41) is 3.34. The summed E-state index contributed by atoms with van der Waals surface area (Å²) >= 11 is 0. The number of fused-ring (bicyclic) bond motifs is 12. The Hall–Kier alpha value is -8.47. The van der Waals surface area contributed by atoms with Crippen LogP contribution in [0, 0.1) is 0 Å². The average Bonchev–Trinajstić information content (AvgIpc) is 3.67. The second kappa shape index (κ2) is 14.3. The molecule has 0 N–H and O–H groups in total. The fraction of sp³-hybridized carbons (Fsp3) is 0.0167. The van der Waals surface area contributed by atoms with Crippen molar-refractivity contribution in [2.24, 2.45) is 0 Å². The number of hydrogen-bond donors (Lipinski definition) is 0. The summed E-state index contributed by atoms with van der Waals surface area (Å²) in [6, 6.07) is 82.8. The number of benzene rings is 9. The Balaban J connectivity index is 1.13. The average molecular weight is 815 g/mol. The first kappa shape index (κ1) is 36.2. The molecule has 0 saturated heterocycles. The van der Waals surface area contributed by atoms with Gasteiger partial charge in [-0.05, 0) is 81.2 Å². The number of hydrogen-bond acceptors (Lipinski definition) is 4. The molecule has 4 heteroatoms. The molecule has 1 aliphatic heterocycles. The van der Waals surface area contributed by atoms with E-state index in [0.717, 1.165) is 72.4 Å². The van der Waals surface area contributed by atoms with Crippen molar-refractivity contribution in [3.05, 3.63) is 253 Å². The number of rotatable bonds is 5. The molecule has 0 saturated carbocycles. The zero-order valence-corrected chi connectivity index (χ0v) is 34.7. The van der Waals surface area contributed by atoms with Crippen LogP contribution >= 0.6 is 0 Å². The number of para-hydroxylation sites is 2. The fourth-order valence-corrected chi connectivity index (χ4v) is 10.5. The van der Waals surface area contributed by atoms with Gasteiger partial charge < -0.3 is 4.90 Å².